The van der Waals surface area contributed by atoms with E-state index in [9.17, 15) is 9.18 Å². The maximum absolute atomic E-state index is 13.9. The monoisotopic (exact) mass is 412 g/mol. The number of benzene rings is 2. The molecule has 21 heavy (non-hydrogen) atoms. The second-order valence-corrected chi connectivity index (χ2v) is 6.71. The van der Waals surface area contributed by atoms with E-state index in [1.807, 2.05) is 12.1 Å². The summed E-state index contributed by atoms with van der Waals surface area (Å²) in [6.45, 7) is 0.625. The van der Waals surface area contributed by atoms with Crippen molar-refractivity contribution in [3.8, 4) is 5.75 Å². The van der Waals surface area contributed by atoms with Crippen molar-refractivity contribution in [2.24, 2.45) is 0 Å². The van der Waals surface area contributed by atoms with E-state index in [0.717, 1.165) is 27.8 Å². The average molecular weight is 414 g/mol. The molecule has 0 N–H and O–H groups in total. The number of halogens is 3. The van der Waals surface area contributed by atoms with Gasteiger partial charge in [-0.3, -0.25) is 4.79 Å². The van der Waals surface area contributed by atoms with Crippen LogP contribution < -0.4 is 4.74 Å². The van der Waals surface area contributed by atoms with Crippen molar-refractivity contribution >= 4 is 37.6 Å². The molecule has 0 saturated heterocycles. The summed E-state index contributed by atoms with van der Waals surface area (Å²) in [7, 11) is 0. The second kappa shape index (κ2) is 5.89. The highest BCUT2D eigenvalue weighted by Gasteiger charge is 2.21. The van der Waals surface area contributed by atoms with Gasteiger partial charge in [0.15, 0.2) is 5.78 Å². The van der Waals surface area contributed by atoms with Crippen LogP contribution in [0.15, 0.2) is 39.3 Å². The van der Waals surface area contributed by atoms with Crippen LogP contribution in [0.1, 0.15) is 21.5 Å². The average Bonchev–Trinajstić information content (AvgIpc) is 2.86. The second-order valence-electron chi connectivity index (χ2n) is 4.88. The number of carbonyl (C=O) groups excluding carboxylic acids is 1. The van der Waals surface area contributed by atoms with Crippen LogP contribution in [0.5, 0.6) is 5.75 Å². The summed E-state index contributed by atoms with van der Waals surface area (Å²) < 4.78 is 21.0. The molecule has 0 unspecified atom stereocenters. The maximum Gasteiger partial charge on any atom is 0.170 e. The van der Waals surface area contributed by atoms with Crippen LogP contribution in [0, 0.1) is 5.82 Å². The normalized spacial score (nSPS) is 12.9. The number of ketones is 1. The lowest BCUT2D eigenvalue weighted by Gasteiger charge is -2.09. The summed E-state index contributed by atoms with van der Waals surface area (Å²) in [6, 6.07) is 8.32. The van der Waals surface area contributed by atoms with Gasteiger partial charge in [-0.15, -0.1) is 0 Å². The minimum atomic E-state index is -0.512. The van der Waals surface area contributed by atoms with Gasteiger partial charge < -0.3 is 4.74 Å². The third-order valence-corrected chi connectivity index (χ3v) is 4.36. The number of fused-ring (bicyclic) bond motifs is 1. The summed E-state index contributed by atoms with van der Waals surface area (Å²) in [5.74, 6) is 0.00167. The van der Waals surface area contributed by atoms with E-state index in [2.05, 4.69) is 31.9 Å². The fourth-order valence-corrected chi connectivity index (χ4v) is 3.35. The van der Waals surface area contributed by atoms with Crippen LogP contribution in [0.3, 0.4) is 0 Å². The van der Waals surface area contributed by atoms with E-state index >= 15 is 0 Å². The van der Waals surface area contributed by atoms with E-state index in [1.165, 1.54) is 12.1 Å². The molecule has 3 rings (SSSR count). The van der Waals surface area contributed by atoms with Gasteiger partial charge in [-0.1, -0.05) is 31.9 Å². The van der Waals surface area contributed by atoms with Gasteiger partial charge in [-0.2, -0.15) is 0 Å². The van der Waals surface area contributed by atoms with Crippen LogP contribution in [-0.2, 0) is 12.8 Å². The third-order valence-electron chi connectivity index (χ3n) is 3.41. The first-order chi connectivity index (χ1) is 10.0. The van der Waals surface area contributed by atoms with E-state index in [1.54, 1.807) is 6.07 Å². The van der Waals surface area contributed by atoms with Crippen molar-refractivity contribution in [1.29, 1.82) is 0 Å². The number of Topliss-reactive ketones (excluding diaryl/α,β-unsaturated/α-hetero) is 1. The van der Waals surface area contributed by atoms with E-state index in [0.29, 0.717) is 11.1 Å². The SMILES string of the molecule is O=C(Cc1cc(Br)cc2c1OCC2)c1ccc(Br)cc1F. The largest absolute Gasteiger partial charge is 0.493 e. The fraction of sp³-hybridized carbons (Fsp3) is 0.188. The molecule has 0 fully saturated rings. The molecule has 0 bridgehead atoms. The molecule has 1 heterocycles. The van der Waals surface area contributed by atoms with Crippen molar-refractivity contribution in [3.05, 3.63) is 61.8 Å². The Hall–Kier alpha value is -1.20. The van der Waals surface area contributed by atoms with Crippen LogP contribution in [-0.4, -0.2) is 12.4 Å². The molecular formula is C16H11Br2FO2. The molecule has 2 aromatic carbocycles. The van der Waals surface area contributed by atoms with E-state index < -0.39 is 5.82 Å². The van der Waals surface area contributed by atoms with Crippen LogP contribution in [0.2, 0.25) is 0 Å². The van der Waals surface area contributed by atoms with Gasteiger partial charge in [-0.25, -0.2) is 4.39 Å². The Bertz CT molecular complexity index is 728. The number of rotatable bonds is 3. The Morgan fingerprint density at radius 1 is 1.19 bits per heavy atom. The van der Waals surface area contributed by atoms with Crippen molar-refractivity contribution in [3.63, 3.8) is 0 Å². The molecule has 1 aliphatic heterocycles. The molecule has 0 amide bonds. The lowest BCUT2D eigenvalue weighted by atomic mass is 10.00. The lowest BCUT2D eigenvalue weighted by molar-refractivity contribution is 0.0988. The fourth-order valence-electron chi connectivity index (χ4n) is 2.46. The van der Waals surface area contributed by atoms with E-state index in [-0.39, 0.29) is 17.8 Å². The first-order valence-corrected chi connectivity index (χ1v) is 8.05. The molecule has 0 atom stereocenters. The van der Waals surface area contributed by atoms with E-state index in [4.69, 9.17) is 4.74 Å². The minimum absolute atomic E-state index is 0.102. The Labute approximate surface area is 138 Å². The first kappa shape index (κ1) is 14.7. The Morgan fingerprint density at radius 3 is 2.76 bits per heavy atom. The summed E-state index contributed by atoms with van der Waals surface area (Å²) in [6.07, 6.45) is 0.961. The van der Waals surface area contributed by atoms with Gasteiger partial charge in [0.1, 0.15) is 11.6 Å². The maximum atomic E-state index is 13.9. The molecule has 0 aliphatic carbocycles. The highest BCUT2D eigenvalue weighted by atomic mass is 79.9. The molecule has 5 heteroatoms. The lowest BCUT2D eigenvalue weighted by Crippen LogP contribution is -2.07. The van der Waals surface area contributed by atoms with Crippen molar-refractivity contribution < 1.29 is 13.9 Å². The highest BCUT2D eigenvalue weighted by Crippen LogP contribution is 2.34. The molecule has 0 spiro atoms. The Balaban J connectivity index is 1.92. The minimum Gasteiger partial charge on any atom is -0.493 e. The van der Waals surface area contributed by atoms with Gasteiger partial charge in [0, 0.05) is 27.4 Å². The topological polar surface area (TPSA) is 26.3 Å². The van der Waals surface area contributed by atoms with Crippen molar-refractivity contribution in [2.75, 3.05) is 6.61 Å². The zero-order valence-corrected chi connectivity index (χ0v) is 14.1. The van der Waals surface area contributed by atoms with Crippen LogP contribution in [0.25, 0.3) is 0 Å². The van der Waals surface area contributed by atoms with Crippen molar-refractivity contribution in [2.45, 2.75) is 12.8 Å². The molecule has 1 aliphatic rings. The highest BCUT2D eigenvalue weighted by molar-refractivity contribution is 9.10. The standard InChI is InChI=1S/C16H11Br2FO2/c17-11-1-2-13(14(19)8-11)15(20)7-10-6-12(18)5-9-3-4-21-16(9)10/h1-2,5-6,8H,3-4,7H2. The zero-order valence-electron chi connectivity index (χ0n) is 11.0. The predicted molar refractivity (Wildman–Crippen MR) is 85.5 cm³/mol. The smallest absolute Gasteiger partial charge is 0.170 e. The molecule has 108 valence electrons. The van der Waals surface area contributed by atoms with Gasteiger partial charge in [0.2, 0.25) is 0 Å². The Morgan fingerprint density at radius 2 is 2.00 bits per heavy atom. The quantitative estimate of drug-likeness (QED) is 0.681. The zero-order chi connectivity index (χ0) is 15.0. The van der Waals surface area contributed by atoms with Crippen LogP contribution in [0.4, 0.5) is 4.39 Å². The first-order valence-electron chi connectivity index (χ1n) is 6.47. The number of hydrogen-bond donors (Lipinski definition) is 0. The summed E-state index contributed by atoms with van der Waals surface area (Å²) in [4.78, 5) is 12.3. The molecule has 2 nitrogen and oxygen atoms in total. The van der Waals surface area contributed by atoms with Gasteiger partial charge in [0.25, 0.3) is 0 Å². The molecule has 0 saturated carbocycles. The third kappa shape index (κ3) is 3.04. The van der Waals surface area contributed by atoms with Gasteiger partial charge >= 0.3 is 0 Å². The number of hydrogen-bond acceptors (Lipinski definition) is 2. The predicted octanol–water partition coefficient (Wildman–Crippen LogP) is 4.71. The molecule has 0 radical (unpaired) electrons. The summed E-state index contributed by atoms with van der Waals surface area (Å²) in [5.41, 5.74) is 1.98. The summed E-state index contributed by atoms with van der Waals surface area (Å²) >= 11 is 6.62. The summed E-state index contributed by atoms with van der Waals surface area (Å²) in [5, 5.41) is 0. The molecule has 2 aromatic rings. The number of ether oxygens (including phenoxy) is 1. The van der Waals surface area contributed by atoms with Crippen molar-refractivity contribution in [1.82, 2.24) is 0 Å². The molecular weight excluding hydrogens is 403 g/mol. The Kier molecular flexibility index (Phi) is 4.13. The number of carbonyl (C=O) groups is 1. The van der Waals surface area contributed by atoms with Crippen LogP contribution >= 0.6 is 31.9 Å². The van der Waals surface area contributed by atoms with Gasteiger partial charge in [0.05, 0.1) is 12.2 Å². The van der Waals surface area contributed by atoms with Gasteiger partial charge in [-0.05, 0) is 35.9 Å². The molecule has 0 aromatic heterocycles.